The highest BCUT2D eigenvalue weighted by molar-refractivity contribution is 7.89. The zero-order valence-corrected chi connectivity index (χ0v) is 34.3. The number of unbranched alkanes of at least 4 members (excludes halogenated alkanes) is 2. The van der Waals surface area contributed by atoms with Crippen LogP contribution in [0.5, 0.6) is 11.8 Å². The van der Waals surface area contributed by atoms with Gasteiger partial charge in [-0.25, -0.2) is 17.6 Å². The number of pyridine rings is 2. The zero-order chi connectivity index (χ0) is 42.0. The van der Waals surface area contributed by atoms with Gasteiger partial charge >= 0.3 is 0 Å². The van der Waals surface area contributed by atoms with Crippen LogP contribution in [0.25, 0.3) is 11.4 Å². The molecular weight excluding hydrogens is 745 g/mol. The smallest absolute Gasteiger partial charge is 0.286 e. The molecule has 0 aliphatic rings. The summed E-state index contributed by atoms with van der Waals surface area (Å²) < 4.78 is 31.6. The number of nitrogen functional groups attached to an aromatic ring is 1. The molecule has 0 bridgehead atoms. The number of sulfonamides is 1. The van der Waals surface area contributed by atoms with Gasteiger partial charge in [0.05, 0.1) is 22.0 Å². The number of benzene rings is 2. The first kappa shape index (κ1) is 44.0. The summed E-state index contributed by atoms with van der Waals surface area (Å²) in [6.07, 6.45) is 7.81. The topological polar surface area (TPSA) is 220 Å². The standard InChI is InChI=1S/C42H52N8O6S/c1-7-11-14-29(9-3)25-48(26-30(10-4)15-12-8-2)57(55,56)34-20-18-31(19-21-34)46-47-38-28(6)36(24-44)40(52)50(42(38)54)33-17-13-16-32(22-33)49-39(51)35(23-43)27(5)37(45)41(49)53/h13,16-22,29-30,51-52H,7-12,14-15,25-26,45H2,1-6H3. The van der Waals surface area contributed by atoms with E-state index in [4.69, 9.17) is 5.73 Å². The first-order chi connectivity index (χ1) is 27.2. The summed E-state index contributed by atoms with van der Waals surface area (Å²) in [6.45, 7) is 12.2. The van der Waals surface area contributed by atoms with Gasteiger partial charge < -0.3 is 15.9 Å². The Balaban J connectivity index is 1.74. The fraction of sp³-hybridized carbons (Fsp3) is 0.429. The van der Waals surface area contributed by atoms with E-state index in [1.54, 1.807) is 4.31 Å². The summed E-state index contributed by atoms with van der Waals surface area (Å²) in [5.74, 6) is -0.891. The van der Waals surface area contributed by atoms with Gasteiger partial charge in [0, 0.05) is 24.2 Å². The number of anilines is 1. The molecule has 0 fully saturated rings. The molecule has 57 heavy (non-hydrogen) atoms. The van der Waals surface area contributed by atoms with Crippen molar-refractivity contribution in [2.45, 2.75) is 97.8 Å². The molecule has 14 nitrogen and oxygen atoms in total. The van der Waals surface area contributed by atoms with Crippen LogP contribution >= 0.6 is 0 Å². The molecule has 4 rings (SSSR count). The van der Waals surface area contributed by atoms with E-state index in [-0.39, 0.29) is 67.4 Å². The highest BCUT2D eigenvalue weighted by Crippen LogP contribution is 2.32. The Morgan fingerprint density at radius 3 is 1.74 bits per heavy atom. The quantitative estimate of drug-likeness (QED) is 0.0825. The molecule has 0 aliphatic heterocycles. The molecule has 15 heteroatoms. The molecule has 4 N–H and O–H groups in total. The van der Waals surface area contributed by atoms with Crippen LogP contribution in [0.3, 0.4) is 0 Å². The lowest BCUT2D eigenvalue weighted by molar-refractivity contribution is 0.270. The Kier molecular flexibility index (Phi) is 15.0. The van der Waals surface area contributed by atoms with Gasteiger partial charge in [-0.15, -0.1) is 5.11 Å². The lowest BCUT2D eigenvalue weighted by Crippen LogP contribution is -2.39. The van der Waals surface area contributed by atoms with E-state index >= 15 is 0 Å². The summed E-state index contributed by atoms with van der Waals surface area (Å²) in [5.41, 5.74) is 3.66. The molecule has 4 aromatic rings. The van der Waals surface area contributed by atoms with Crippen LogP contribution in [0.15, 0.2) is 73.2 Å². The van der Waals surface area contributed by atoms with Crippen LogP contribution in [-0.4, -0.2) is 45.2 Å². The van der Waals surface area contributed by atoms with E-state index in [9.17, 15) is 38.7 Å². The second-order valence-corrected chi connectivity index (χ2v) is 16.2. The van der Waals surface area contributed by atoms with E-state index in [1.807, 2.05) is 12.1 Å². The van der Waals surface area contributed by atoms with Gasteiger partial charge in [-0.05, 0) is 81.0 Å². The first-order valence-corrected chi connectivity index (χ1v) is 20.8. The lowest BCUT2D eigenvalue weighted by atomic mass is 9.97. The second kappa shape index (κ2) is 19.4. The molecule has 0 aliphatic carbocycles. The highest BCUT2D eigenvalue weighted by Gasteiger charge is 2.29. The molecule has 302 valence electrons. The second-order valence-electron chi connectivity index (χ2n) is 14.3. The highest BCUT2D eigenvalue weighted by atomic mass is 32.2. The minimum Gasteiger partial charge on any atom is -0.493 e. The Morgan fingerprint density at radius 2 is 1.26 bits per heavy atom. The number of aromatic nitrogens is 2. The van der Waals surface area contributed by atoms with Crippen molar-refractivity contribution < 1.29 is 18.6 Å². The van der Waals surface area contributed by atoms with Crippen molar-refractivity contribution in [3.8, 4) is 35.3 Å². The molecule has 0 amide bonds. The molecular formula is C42H52N8O6S. The molecule has 2 aromatic heterocycles. The van der Waals surface area contributed by atoms with Gasteiger partial charge in [0.15, 0.2) is 5.69 Å². The summed E-state index contributed by atoms with van der Waals surface area (Å²) in [7, 11) is -3.86. The maximum absolute atomic E-state index is 14.2. The van der Waals surface area contributed by atoms with Crippen molar-refractivity contribution in [1.29, 1.82) is 10.5 Å². The van der Waals surface area contributed by atoms with E-state index in [0.29, 0.717) is 13.1 Å². The average Bonchev–Trinajstić information content (AvgIpc) is 3.20. The zero-order valence-electron chi connectivity index (χ0n) is 33.5. The SMILES string of the molecule is CCCCC(CC)CN(CC(CC)CCCC)S(=O)(=O)c1ccc(N=Nc2c(C)c(C#N)c(O)n(-c3cccc(-n4c(O)c(C#N)c(C)c(N)c4=O)c3)c2=O)cc1. The Bertz CT molecular complexity index is 2410. The molecule has 2 aromatic carbocycles. The predicted molar refractivity (Wildman–Crippen MR) is 220 cm³/mol. The summed E-state index contributed by atoms with van der Waals surface area (Å²) >= 11 is 0. The molecule has 0 saturated heterocycles. The summed E-state index contributed by atoms with van der Waals surface area (Å²) in [5, 5.41) is 49.9. The predicted octanol–water partition coefficient (Wildman–Crippen LogP) is 8.18. The number of nitrogens with zero attached hydrogens (tertiary/aromatic N) is 7. The van der Waals surface area contributed by atoms with Gasteiger partial charge in [0.25, 0.3) is 11.1 Å². The Morgan fingerprint density at radius 1 is 0.772 bits per heavy atom. The van der Waals surface area contributed by atoms with Crippen LogP contribution in [0.2, 0.25) is 0 Å². The molecule has 0 radical (unpaired) electrons. The largest absolute Gasteiger partial charge is 0.493 e. The van der Waals surface area contributed by atoms with Gasteiger partial charge in [0.2, 0.25) is 21.8 Å². The van der Waals surface area contributed by atoms with Gasteiger partial charge in [0.1, 0.15) is 29.0 Å². The van der Waals surface area contributed by atoms with Crippen molar-refractivity contribution in [3.63, 3.8) is 0 Å². The first-order valence-electron chi connectivity index (χ1n) is 19.4. The molecule has 0 saturated carbocycles. The van der Waals surface area contributed by atoms with E-state index in [1.165, 1.54) is 62.4 Å². The Hall–Kier alpha value is -5.77. The third-order valence-corrected chi connectivity index (χ3v) is 12.4. The van der Waals surface area contributed by atoms with Crippen molar-refractivity contribution >= 4 is 27.1 Å². The summed E-state index contributed by atoms with van der Waals surface area (Å²) in [6, 6.07) is 15.2. The number of nitrogens with two attached hydrogens (primary N) is 1. The number of hydrogen-bond acceptors (Lipinski definition) is 11. The van der Waals surface area contributed by atoms with Gasteiger partial charge in [-0.2, -0.15) is 19.9 Å². The number of azo groups is 1. The van der Waals surface area contributed by atoms with Crippen LogP contribution in [0, 0.1) is 48.3 Å². The maximum atomic E-state index is 14.2. The van der Waals surface area contributed by atoms with Gasteiger partial charge in [-0.1, -0.05) is 72.3 Å². The van der Waals surface area contributed by atoms with Crippen molar-refractivity contribution in [3.05, 3.63) is 91.5 Å². The average molecular weight is 797 g/mol. The van der Waals surface area contributed by atoms with E-state index in [2.05, 4.69) is 37.9 Å². The fourth-order valence-electron chi connectivity index (χ4n) is 6.81. The normalized spacial score (nSPS) is 12.8. The van der Waals surface area contributed by atoms with Crippen LogP contribution in [0.4, 0.5) is 17.1 Å². The third-order valence-electron chi connectivity index (χ3n) is 10.5. The van der Waals surface area contributed by atoms with Crippen LogP contribution < -0.4 is 16.9 Å². The van der Waals surface area contributed by atoms with Crippen molar-refractivity contribution in [2.24, 2.45) is 22.1 Å². The minimum atomic E-state index is -3.86. The van der Waals surface area contributed by atoms with E-state index < -0.39 is 32.9 Å². The Labute approximate surface area is 334 Å². The molecule has 0 spiro atoms. The molecule has 2 atom stereocenters. The number of hydrogen-bond donors (Lipinski definition) is 3. The lowest BCUT2D eigenvalue weighted by Gasteiger charge is -2.30. The monoisotopic (exact) mass is 796 g/mol. The number of rotatable bonds is 18. The number of nitriles is 2. The van der Waals surface area contributed by atoms with Gasteiger partial charge in [-0.3, -0.25) is 9.59 Å². The number of aromatic hydroxyl groups is 2. The molecule has 2 unspecified atom stereocenters. The maximum Gasteiger partial charge on any atom is 0.286 e. The van der Waals surface area contributed by atoms with Crippen molar-refractivity contribution in [1.82, 2.24) is 13.4 Å². The van der Waals surface area contributed by atoms with Crippen molar-refractivity contribution in [2.75, 3.05) is 18.8 Å². The fourth-order valence-corrected chi connectivity index (χ4v) is 8.40. The minimum absolute atomic E-state index is 0.00831. The summed E-state index contributed by atoms with van der Waals surface area (Å²) in [4.78, 5) is 27.2. The van der Waals surface area contributed by atoms with Crippen LogP contribution in [0.1, 0.15) is 101 Å². The van der Waals surface area contributed by atoms with Crippen LogP contribution in [-0.2, 0) is 10.0 Å². The third kappa shape index (κ3) is 9.44. The van der Waals surface area contributed by atoms with E-state index in [0.717, 1.165) is 60.5 Å². The molecule has 2 heterocycles.